The van der Waals surface area contributed by atoms with E-state index in [0.29, 0.717) is 5.69 Å². The number of hydrogen-bond donors (Lipinski definition) is 1. The third kappa shape index (κ3) is 2.24. The number of amides is 1. The van der Waals surface area contributed by atoms with Gasteiger partial charge in [-0.1, -0.05) is 0 Å². The molecule has 1 aliphatic carbocycles. The lowest BCUT2D eigenvalue weighted by Gasteiger charge is -2.29. The molecule has 2 aromatic rings. The van der Waals surface area contributed by atoms with E-state index in [0.717, 1.165) is 40.6 Å². The van der Waals surface area contributed by atoms with Gasteiger partial charge in [0, 0.05) is 27.8 Å². The van der Waals surface area contributed by atoms with Crippen LogP contribution in [-0.4, -0.2) is 18.2 Å². The number of thioether (sulfide) groups is 1. The molecule has 0 saturated carbocycles. The molecule has 1 amide bonds. The average molecular weight is 316 g/mol. The molecule has 2 aliphatic rings. The third-order valence-corrected chi connectivity index (χ3v) is 6.32. The van der Waals surface area contributed by atoms with Gasteiger partial charge in [0.2, 0.25) is 0 Å². The lowest BCUT2D eigenvalue weighted by Crippen LogP contribution is -2.35. The first kappa shape index (κ1) is 13.2. The molecule has 0 unspecified atom stereocenters. The number of thiophene rings is 1. The van der Waals surface area contributed by atoms with Crippen LogP contribution < -0.4 is 10.6 Å². The predicted molar refractivity (Wildman–Crippen MR) is 89.6 cm³/mol. The lowest BCUT2D eigenvalue weighted by molar-refractivity contribution is 0.0991. The summed E-state index contributed by atoms with van der Waals surface area (Å²) in [5.41, 5.74) is 8.95. The molecule has 1 aromatic carbocycles. The van der Waals surface area contributed by atoms with Crippen molar-refractivity contribution in [3.63, 3.8) is 0 Å². The Labute approximate surface area is 132 Å². The average Bonchev–Trinajstić information content (AvgIpc) is 3.07. The largest absolute Gasteiger partial charge is 0.399 e. The van der Waals surface area contributed by atoms with Crippen LogP contribution in [0.1, 0.15) is 26.5 Å². The second-order valence-electron chi connectivity index (χ2n) is 5.45. The molecule has 0 spiro atoms. The maximum Gasteiger partial charge on any atom is 0.268 e. The van der Waals surface area contributed by atoms with Gasteiger partial charge >= 0.3 is 0 Å². The van der Waals surface area contributed by atoms with E-state index in [9.17, 15) is 4.79 Å². The Morgan fingerprint density at radius 1 is 1.24 bits per heavy atom. The van der Waals surface area contributed by atoms with Crippen LogP contribution in [0.5, 0.6) is 0 Å². The molecular weight excluding hydrogens is 300 g/mol. The first-order valence-corrected chi connectivity index (χ1v) is 8.98. The van der Waals surface area contributed by atoms with E-state index in [-0.39, 0.29) is 5.91 Å². The van der Waals surface area contributed by atoms with Crippen LogP contribution in [0.2, 0.25) is 0 Å². The fraction of sp³-hybridized carbons (Fsp3) is 0.312. The van der Waals surface area contributed by atoms with Crippen LogP contribution in [0.4, 0.5) is 11.4 Å². The molecule has 1 aromatic heterocycles. The van der Waals surface area contributed by atoms with Crippen LogP contribution >= 0.6 is 23.1 Å². The van der Waals surface area contributed by atoms with Gasteiger partial charge < -0.3 is 10.6 Å². The summed E-state index contributed by atoms with van der Waals surface area (Å²) in [6, 6.07) is 7.94. The fourth-order valence-corrected chi connectivity index (χ4v) is 5.19. The summed E-state index contributed by atoms with van der Waals surface area (Å²) in [4.78, 5) is 18.2. The van der Waals surface area contributed by atoms with Crippen LogP contribution in [0.15, 0.2) is 29.2 Å². The van der Waals surface area contributed by atoms with Crippen molar-refractivity contribution in [3.8, 4) is 0 Å². The number of fused-ring (bicyclic) bond motifs is 2. The van der Waals surface area contributed by atoms with Crippen LogP contribution in [-0.2, 0) is 12.8 Å². The van der Waals surface area contributed by atoms with E-state index >= 15 is 0 Å². The van der Waals surface area contributed by atoms with Crippen molar-refractivity contribution in [2.45, 2.75) is 24.2 Å². The van der Waals surface area contributed by atoms with Crippen molar-refractivity contribution in [1.82, 2.24) is 0 Å². The number of nitrogens with zero attached hydrogens (tertiary/aromatic N) is 1. The standard InChI is InChI=1S/C16H16N2OS2/c17-11-4-5-14-12(9-11)18(6-7-20-14)16(19)15-8-10-2-1-3-13(10)21-15/h4-5,8-9H,1-3,6-7,17H2. The summed E-state index contributed by atoms with van der Waals surface area (Å²) in [5.74, 6) is 1.06. The topological polar surface area (TPSA) is 46.3 Å². The van der Waals surface area contributed by atoms with E-state index in [1.807, 2.05) is 23.1 Å². The van der Waals surface area contributed by atoms with Gasteiger partial charge in [0.15, 0.2) is 0 Å². The molecule has 2 N–H and O–H groups in total. The van der Waals surface area contributed by atoms with Gasteiger partial charge in [-0.25, -0.2) is 0 Å². The summed E-state index contributed by atoms with van der Waals surface area (Å²) in [6.07, 6.45) is 3.49. The minimum Gasteiger partial charge on any atom is -0.399 e. The number of anilines is 2. The zero-order valence-electron chi connectivity index (χ0n) is 11.6. The van der Waals surface area contributed by atoms with E-state index < -0.39 is 0 Å². The Morgan fingerprint density at radius 2 is 2.14 bits per heavy atom. The van der Waals surface area contributed by atoms with Crippen molar-refractivity contribution >= 4 is 40.4 Å². The molecule has 4 rings (SSSR count). The molecule has 0 saturated heterocycles. The Bertz CT molecular complexity index is 702. The summed E-state index contributed by atoms with van der Waals surface area (Å²) >= 11 is 3.47. The van der Waals surface area contributed by atoms with Gasteiger partial charge in [0.25, 0.3) is 5.91 Å². The van der Waals surface area contributed by atoms with Crippen LogP contribution in [0.25, 0.3) is 0 Å². The van der Waals surface area contributed by atoms with Gasteiger partial charge in [-0.3, -0.25) is 4.79 Å². The monoisotopic (exact) mass is 316 g/mol. The zero-order chi connectivity index (χ0) is 14.4. The minimum atomic E-state index is 0.126. The van der Waals surface area contributed by atoms with Crippen molar-refractivity contribution in [3.05, 3.63) is 39.6 Å². The molecule has 0 radical (unpaired) electrons. The quantitative estimate of drug-likeness (QED) is 0.818. The van der Waals surface area contributed by atoms with E-state index in [1.165, 1.54) is 16.9 Å². The van der Waals surface area contributed by atoms with Crippen LogP contribution in [0, 0.1) is 0 Å². The molecule has 3 nitrogen and oxygen atoms in total. The van der Waals surface area contributed by atoms with Gasteiger partial charge in [-0.2, -0.15) is 0 Å². The second-order valence-corrected chi connectivity index (χ2v) is 7.72. The highest BCUT2D eigenvalue weighted by molar-refractivity contribution is 7.99. The molecule has 21 heavy (non-hydrogen) atoms. The molecule has 1 aliphatic heterocycles. The van der Waals surface area contributed by atoms with Crippen molar-refractivity contribution in [2.75, 3.05) is 22.9 Å². The van der Waals surface area contributed by atoms with E-state index in [1.54, 1.807) is 23.1 Å². The minimum absolute atomic E-state index is 0.126. The SMILES string of the molecule is Nc1ccc2c(c1)N(C(=O)c1cc3c(s1)CCC3)CCS2. The number of nitrogens with two attached hydrogens (primary N) is 1. The lowest BCUT2D eigenvalue weighted by atomic mass is 10.2. The molecule has 108 valence electrons. The summed E-state index contributed by atoms with van der Waals surface area (Å²) in [6.45, 7) is 0.752. The maximum atomic E-state index is 12.9. The number of carbonyl (C=O) groups excluding carboxylic acids is 1. The Balaban J connectivity index is 1.70. The molecule has 0 bridgehead atoms. The van der Waals surface area contributed by atoms with Gasteiger partial charge in [-0.05, 0) is 49.1 Å². The predicted octanol–water partition coefficient (Wildman–Crippen LogP) is 3.57. The smallest absolute Gasteiger partial charge is 0.268 e. The first-order valence-electron chi connectivity index (χ1n) is 7.18. The maximum absolute atomic E-state index is 12.9. The summed E-state index contributed by atoms with van der Waals surface area (Å²) in [7, 11) is 0. The van der Waals surface area contributed by atoms with E-state index in [2.05, 4.69) is 6.07 Å². The number of nitrogen functional groups attached to an aromatic ring is 1. The zero-order valence-corrected chi connectivity index (χ0v) is 13.2. The number of aryl methyl sites for hydroxylation is 2. The second kappa shape index (κ2) is 5.07. The fourth-order valence-electron chi connectivity index (χ4n) is 3.01. The molecule has 2 heterocycles. The molecule has 0 atom stereocenters. The Morgan fingerprint density at radius 3 is 3.00 bits per heavy atom. The highest BCUT2D eigenvalue weighted by Gasteiger charge is 2.27. The molecule has 0 fully saturated rings. The van der Waals surface area contributed by atoms with Gasteiger partial charge in [0.05, 0.1) is 10.6 Å². The number of carbonyl (C=O) groups is 1. The number of benzene rings is 1. The van der Waals surface area contributed by atoms with Gasteiger partial charge in [-0.15, -0.1) is 23.1 Å². The first-order chi connectivity index (χ1) is 10.2. The highest BCUT2D eigenvalue weighted by Crippen LogP contribution is 2.38. The van der Waals surface area contributed by atoms with E-state index in [4.69, 9.17) is 5.73 Å². The summed E-state index contributed by atoms with van der Waals surface area (Å²) < 4.78 is 0. The normalized spacial score (nSPS) is 16.7. The van der Waals surface area contributed by atoms with Crippen molar-refractivity contribution in [2.24, 2.45) is 0 Å². The number of hydrogen-bond acceptors (Lipinski definition) is 4. The summed E-state index contributed by atoms with van der Waals surface area (Å²) in [5, 5.41) is 0. The Hall–Kier alpha value is -1.46. The van der Waals surface area contributed by atoms with Gasteiger partial charge in [0.1, 0.15) is 0 Å². The van der Waals surface area contributed by atoms with Crippen molar-refractivity contribution in [1.29, 1.82) is 0 Å². The van der Waals surface area contributed by atoms with Crippen LogP contribution in [0.3, 0.4) is 0 Å². The van der Waals surface area contributed by atoms with Crippen molar-refractivity contribution < 1.29 is 4.79 Å². The highest BCUT2D eigenvalue weighted by atomic mass is 32.2. The Kier molecular flexibility index (Phi) is 3.19. The molecular formula is C16H16N2OS2. The number of rotatable bonds is 1. The molecule has 5 heteroatoms. The third-order valence-electron chi connectivity index (χ3n) is 4.05.